The van der Waals surface area contributed by atoms with Gasteiger partial charge in [-0.2, -0.15) is 0 Å². The van der Waals surface area contributed by atoms with E-state index in [2.05, 4.69) is 17.1 Å². The zero-order valence-corrected chi connectivity index (χ0v) is 16.3. The minimum absolute atomic E-state index is 0.0124. The molecule has 144 valence electrons. The van der Waals surface area contributed by atoms with Crippen molar-refractivity contribution in [3.8, 4) is 22.6 Å². The Kier molecular flexibility index (Phi) is 6.35. The molecule has 1 saturated heterocycles. The first-order valence-electron chi connectivity index (χ1n) is 9.49. The molecule has 5 heteroatoms. The van der Waals surface area contributed by atoms with Crippen molar-refractivity contribution in [2.75, 3.05) is 33.9 Å². The third-order valence-electron chi connectivity index (χ3n) is 5.18. The number of piperidine rings is 1. The summed E-state index contributed by atoms with van der Waals surface area (Å²) >= 11 is 0. The van der Waals surface area contributed by atoms with E-state index >= 15 is 0 Å². The zero-order valence-electron chi connectivity index (χ0n) is 16.3. The molecule has 1 N–H and O–H groups in total. The van der Waals surface area contributed by atoms with Crippen LogP contribution >= 0.6 is 0 Å². The number of nitrogens with one attached hydrogen (secondary N) is 1. The number of ether oxygens (including phenoxy) is 2. The maximum atomic E-state index is 12.7. The van der Waals surface area contributed by atoms with Crippen LogP contribution in [0.2, 0.25) is 0 Å². The van der Waals surface area contributed by atoms with Crippen LogP contribution in [0.1, 0.15) is 30.1 Å². The number of carbonyl (C=O) groups is 1. The molecular formula is C22H28N2O3. The van der Waals surface area contributed by atoms with E-state index in [0.29, 0.717) is 5.56 Å². The molecule has 1 amide bonds. The second kappa shape index (κ2) is 8.91. The predicted octanol–water partition coefficient (Wildman–Crippen LogP) is 3.58. The van der Waals surface area contributed by atoms with E-state index in [4.69, 9.17) is 9.47 Å². The van der Waals surface area contributed by atoms with Crippen molar-refractivity contribution in [3.05, 3.63) is 48.0 Å². The molecule has 0 atom stereocenters. The van der Waals surface area contributed by atoms with Gasteiger partial charge in [-0.15, -0.1) is 0 Å². The Morgan fingerprint density at radius 2 is 1.70 bits per heavy atom. The minimum atomic E-state index is -0.0124. The van der Waals surface area contributed by atoms with Gasteiger partial charge >= 0.3 is 0 Å². The lowest BCUT2D eigenvalue weighted by atomic mass is 10.0. The molecule has 0 unspecified atom stereocenters. The molecule has 0 radical (unpaired) electrons. The average Bonchev–Trinajstić information content (AvgIpc) is 2.73. The van der Waals surface area contributed by atoms with E-state index in [1.54, 1.807) is 14.2 Å². The van der Waals surface area contributed by atoms with Crippen molar-refractivity contribution in [1.82, 2.24) is 10.2 Å². The Morgan fingerprint density at radius 3 is 2.30 bits per heavy atom. The predicted molar refractivity (Wildman–Crippen MR) is 108 cm³/mol. The molecule has 1 heterocycles. The second-order valence-corrected chi connectivity index (χ2v) is 6.86. The number of amides is 1. The van der Waals surface area contributed by atoms with Gasteiger partial charge in [-0.1, -0.05) is 19.1 Å². The summed E-state index contributed by atoms with van der Waals surface area (Å²) in [6.45, 7) is 5.35. The van der Waals surface area contributed by atoms with Crippen LogP contribution in [0.4, 0.5) is 0 Å². The van der Waals surface area contributed by atoms with E-state index in [1.807, 2.05) is 42.5 Å². The van der Waals surface area contributed by atoms with Crippen LogP contribution in [0.15, 0.2) is 42.5 Å². The third kappa shape index (κ3) is 4.80. The molecule has 2 aromatic carbocycles. The molecule has 2 aromatic rings. The highest BCUT2D eigenvalue weighted by atomic mass is 16.5. The highest BCUT2D eigenvalue weighted by molar-refractivity contribution is 5.95. The number of benzene rings is 2. The van der Waals surface area contributed by atoms with Gasteiger partial charge in [0.15, 0.2) is 0 Å². The number of likely N-dealkylation sites (tertiary alicyclic amines) is 1. The van der Waals surface area contributed by atoms with Gasteiger partial charge in [-0.3, -0.25) is 4.79 Å². The van der Waals surface area contributed by atoms with Crippen LogP contribution < -0.4 is 14.8 Å². The molecule has 0 spiro atoms. The minimum Gasteiger partial charge on any atom is -0.497 e. The number of hydrogen-bond acceptors (Lipinski definition) is 4. The van der Waals surface area contributed by atoms with Crippen LogP contribution in [0.5, 0.6) is 11.5 Å². The summed E-state index contributed by atoms with van der Waals surface area (Å²) in [5.41, 5.74) is 2.59. The van der Waals surface area contributed by atoms with Crippen molar-refractivity contribution in [3.63, 3.8) is 0 Å². The van der Waals surface area contributed by atoms with Gasteiger partial charge < -0.3 is 19.7 Å². The van der Waals surface area contributed by atoms with Gasteiger partial charge in [0.25, 0.3) is 5.91 Å². The molecular weight excluding hydrogens is 340 g/mol. The summed E-state index contributed by atoms with van der Waals surface area (Å²) in [6, 6.07) is 13.7. The van der Waals surface area contributed by atoms with Crippen LogP contribution in [-0.2, 0) is 0 Å². The average molecular weight is 368 g/mol. The second-order valence-electron chi connectivity index (χ2n) is 6.86. The third-order valence-corrected chi connectivity index (χ3v) is 5.18. The monoisotopic (exact) mass is 368 g/mol. The lowest BCUT2D eigenvalue weighted by Gasteiger charge is -2.31. The Morgan fingerprint density at radius 1 is 1.04 bits per heavy atom. The SMILES string of the molecule is CCN1CCC(NC(=O)c2cccc(-c3cc(OC)cc(OC)c3)c2)CC1. The van der Waals surface area contributed by atoms with Crippen molar-refractivity contribution in [1.29, 1.82) is 0 Å². The molecule has 0 aromatic heterocycles. The molecule has 5 nitrogen and oxygen atoms in total. The molecule has 0 bridgehead atoms. The fourth-order valence-corrected chi connectivity index (χ4v) is 3.48. The van der Waals surface area contributed by atoms with E-state index in [-0.39, 0.29) is 11.9 Å². The van der Waals surface area contributed by atoms with Gasteiger partial charge in [0.1, 0.15) is 11.5 Å². The summed E-state index contributed by atoms with van der Waals surface area (Å²) in [6.07, 6.45) is 2.01. The lowest BCUT2D eigenvalue weighted by molar-refractivity contribution is 0.0912. The maximum absolute atomic E-state index is 12.7. The topological polar surface area (TPSA) is 50.8 Å². The molecule has 1 aliphatic rings. The first-order chi connectivity index (χ1) is 13.1. The van der Waals surface area contributed by atoms with E-state index < -0.39 is 0 Å². The van der Waals surface area contributed by atoms with Crippen molar-refractivity contribution < 1.29 is 14.3 Å². The molecule has 3 rings (SSSR count). The van der Waals surface area contributed by atoms with Crippen LogP contribution in [0, 0.1) is 0 Å². The summed E-state index contributed by atoms with van der Waals surface area (Å²) in [7, 11) is 3.26. The zero-order chi connectivity index (χ0) is 19.2. The molecule has 0 aliphatic carbocycles. The summed E-state index contributed by atoms with van der Waals surface area (Å²) in [5, 5.41) is 3.19. The standard InChI is InChI=1S/C22H28N2O3/c1-4-24-10-8-19(9-11-24)23-22(25)17-7-5-6-16(12-17)18-13-20(26-2)15-21(14-18)27-3/h5-7,12-15,19H,4,8-11H2,1-3H3,(H,23,25). The number of rotatable bonds is 6. The maximum Gasteiger partial charge on any atom is 0.251 e. The first kappa shape index (κ1) is 19.2. The van der Waals surface area contributed by atoms with E-state index in [1.165, 1.54) is 0 Å². The quantitative estimate of drug-likeness (QED) is 0.847. The number of hydrogen-bond donors (Lipinski definition) is 1. The Balaban J connectivity index is 1.75. The normalized spacial score (nSPS) is 15.4. The van der Waals surface area contributed by atoms with Gasteiger partial charge in [0.2, 0.25) is 0 Å². The molecule has 1 fully saturated rings. The van der Waals surface area contributed by atoms with Crippen LogP contribution in [0.3, 0.4) is 0 Å². The summed E-state index contributed by atoms with van der Waals surface area (Å²) in [4.78, 5) is 15.1. The fraction of sp³-hybridized carbons (Fsp3) is 0.409. The van der Waals surface area contributed by atoms with Gasteiger partial charge in [0, 0.05) is 30.8 Å². The van der Waals surface area contributed by atoms with Gasteiger partial charge in [-0.05, 0) is 54.8 Å². The lowest BCUT2D eigenvalue weighted by Crippen LogP contribution is -2.44. The van der Waals surface area contributed by atoms with Gasteiger partial charge in [-0.25, -0.2) is 0 Å². The fourth-order valence-electron chi connectivity index (χ4n) is 3.48. The Hall–Kier alpha value is -2.53. The first-order valence-corrected chi connectivity index (χ1v) is 9.49. The largest absolute Gasteiger partial charge is 0.497 e. The Bertz CT molecular complexity index is 761. The van der Waals surface area contributed by atoms with Crippen molar-refractivity contribution in [2.45, 2.75) is 25.8 Å². The summed E-state index contributed by atoms with van der Waals surface area (Å²) < 4.78 is 10.7. The van der Waals surface area contributed by atoms with Crippen LogP contribution in [-0.4, -0.2) is 50.7 Å². The number of nitrogens with zero attached hydrogens (tertiary/aromatic N) is 1. The van der Waals surface area contributed by atoms with Crippen molar-refractivity contribution >= 4 is 5.91 Å². The van der Waals surface area contributed by atoms with E-state index in [9.17, 15) is 4.79 Å². The van der Waals surface area contributed by atoms with E-state index in [0.717, 1.165) is 55.1 Å². The molecule has 0 saturated carbocycles. The highest BCUT2D eigenvalue weighted by Gasteiger charge is 2.20. The highest BCUT2D eigenvalue weighted by Crippen LogP contribution is 2.30. The van der Waals surface area contributed by atoms with Gasteiger partial charge in [0.05, 0.1) is 14.2 Å². The van der Waals surface area contributed by atoms with Crippen LogP contribution in [0.25, 0.3) is 11.1 Å². The Labute approximate surface area is 161 Å². The number of methoxy groups -OCH3 is 2. The molecule has 27 heavy (non-hydrogen) atoms. The van der Waals surface area contributed by atoms with Crippen molar-refractivity contribution in [2.24, 2.45) is 0 Å². The number of carbonyl (C=O) groups excluding carboxylic acids is 1. The molecule has 1 aliphatic heterocycles. The summed E-state index contributed by atoms with van der Waals surface area (Å²) in [5.74, 6) is 1.44. The smallest absolute Gasteiger partial charge is 0.251 e.